The molecule has 1 N–H and O–H groups in total. The quantitative estimate of drug-likeness (QED) is 0.841. The molecule has 1 aromatic carbocycles. The van der Waals surface area contributed by atoms with Crippen LogP contribution in [0.25, 0.3) is 0 Å². The van der Waals surface area contributed by atoms with Crippen molar-refractivity contribution < 1.29 is 13.2 Å². The van der Waals surface area contributed by atoms with Gasteiger partial charge < -0.3 is 10.1 Å². The monoisotopic (exact) mass is 272 g/mol. The van der Waals surface area contributed by atoms with Crippen LogP contribution in [0.3, 0.4) is 0 Å². The van der Waals surface area contributed by atoms with E-state index in [-0.39, 0.29) is 4.90 Å². The summed E-state index contributed by atoms with van der Waals surface area (Å²) in [5.74, 6) is 0.683. The Bertz CT molecular complexity index is 500. The Morgan fingerprint density at radius 2 is 2.06 bits per heavy atom. The molecule has 0 saturated heterocycles. The molecule has 0 radical (unpaired) electrons. The largest absolute Gasteiger partial charge is 0.496 e. The lowest BCUT2D eigenvalue weighted by molar-refractivity contribution is 0.408. The average Bonchev–Trinajstić information content (AvgIpc) is 2.37. The standard InChI is InChI=1S/C12H20N2O3S/c1-5-14(3)18(15,16)11-6-7-12(17-4)10(8-11)9-13-2/h6-8,13H,5,9H2,1-4H3. The molecule has 0 saturated carbocycles. The smallest absolute Gasteiger partial charge is 0.242 e. The van der Waals surface area contributed by atoms with Gasteiger partial charge in [0.15, 0.2) is 0 Å². The summed E-state index contributed by atoms with van der Waals surface area (Å²) in [5, 5.41) is 2.99. The molecule has 1 rings (SSSR count). The second-order valence-electron chi connectivity index (χ2n) is 3.92. The second-order valence-corrected chi connectivity index (χ2v) is 5.97. The zero-order valence-corrected chi connectivity index (χ0v) is 12.0. The molecule has 0 unspecified atom stereocenters. The molecule has 0 aliphatic heterocycles. The summed E-state index contributed by atoms with van der Waals surface area (Å²) in [6, 6.07) is 4.90. The number of nitrogens with one attached hydrogen (secondary N) is 1. The van der Waals surface area contributed by atoms with Crippen LogP contribution in [0.5, 0.6) is 5.75 Å². The van der Waals surface area contributed by atoms with Gasteiger partial charge in [0, 0.05) is 25.7 Å². The Hall–Kier alpha value is -1.11. The number of nitrogens with zero attached hydrogens (tertiary/aromatic N) is 1. The third-order valence-electron chi connectivity index (χ3n) is 2.77. The van der Waals surface area contributed by atoms with E-state index in [0.29, 0.717) is 18.8 Å². The van der Waals surface area contributed by atoms with Crippen LogP contribution >= 0.6 is 0 Å². The highest BCUT2D eigenvalue weighted by atomic mass is 32.2. The summed E-state index contributed by atoms with van der Waals surface area (Å²) >= 11 is 0. The highest BCUT2D eigenvalue weighted by molar-refractivity contribution is 7.89. The Balaban J connectivity index is 3.23. The maximum atomic E-state index is 12.2. The maximum Gasteiger partial charge on any atom is 0.242 e. The molecule has 0 aliphatic rings. The molecular weight excluding hydrogens is 252 g/mol. The minimum Gasteiger partial charge on any atom is -0.496 e. The van der Waals surface area contributed by atoms with Gasteiger partial charge in [-0.1, -0.05) is 6.92 Å². The second kappa shape index (κ2) is 6.17. The van der Waals surface area contributed by atoms with Crippen LogP contribution in [0.1, 0.15) is 12.5 Å². The van der Waals surface area contributed by atoms with Gasteiger partial charge in [0.05, 0.1) is 12.0 Å². The SMILES string of the molecule is CCN(C)S(=O)(=O)c1ccc(OC)c(CNC)c1. The molecule has 0 aromatic heterocycles. The zero-order valence-electron chi connectivity index (χ0n) is 11.2. The summed E-state index contributed by atoms with van der Waals surface area (Å²) in [6.07, 6.45) is 0. The Kier molecular flexibility index (Phi) is 5.13. The van der Waals surface area contributed by atoms with Crippen LogP contribution in [-0.2, 0) is 16.6 Å². The van der Waals surface area contributed by atoms with Gasteiger partial charge in [-0.15, -0.1) is 0 Å². The maximum absolute atomic E-state index is 12.2. The highest BCUT2D eigenvalue weighted by Crippen LogP contribution is 2.23. The molecule has 5 nitrogen and oxygen atoms in total. The van der Waals surface area contributed by atoms with Crippen molar-refractivity contribution in [3.63, 3.8) is 0 Å². The highest BCUT2D eigenvalue weighted by Gasteiger charge is 2.20. The van der Waals surface area contributed by atoms with Crippen molar-refractivity contribution in [3.8, 4) is 5.75 Å². The van der Waals surface area contributed by atoms with Gasteiger partial charge in [-0.25, -0.2) is 12.7 Å². The van der Waals surface area contributed by atoms with E-state index in [9.17, 15) is 8.42 Å². The van der Waals surface area contributed by atoms with Crippen LogP contribution in [0.2, 0.25) is 0 Å². The fourth-order valence-electron chi connectivity index (χ4n) is 1.59. The molecule has 0 atom stereocenters. The fraction of sp³-hybridized carbons (Fsp3) is 0.500. The molecule has 0 heterocycles. The first-order chi connectivity index (χ1) is 8.47. The van der Waals surface area contributed by atoms with Crippen molar-refractivity contribution in [2.75, 3.05) is 27.7 Å². The van der Waals surface area contributed by atoms with Crippen molar-refractivity contribution in [2.24, 2.45) is 0 Å². The van der Waals surface area contributed by atoms with E-state index in [1.54, 1.807) is 46.3 Å². The molecule has 1 aromatic rings. The topological polar surface area (TPSA) is 58.6 Å². The van der Waals surface area contributed by atoms with Crippen molar-refractivity contribution >= 4 is 10.0 Å². The van der Waals surface area contributed by atoms with Gasteiger partial charge in [-0.05, 0) is 25.2 Å². The first-order valence-corrected chi connectivity index (χ1v) is 7.19. The van der Waals surface area contributed by atoms with E-state index < -0.39 is 10.0 Å². The third-order valence-corrected chi connectivity index (χ3v) is 4.70. The number of hydrogen-bond donors (Lipinski definition) is 1. The summed E-state index contributed by atoms with van der Waals surface area (Å²) in [4.78, 5) is 0.290. The van der Waals surface area contributed by atoms with Gasteiger partial charge in [0.2, 0.25) is 10.0 Å². The number of hydrogen-bond acceptors (Lipinski definition) is 4. The van der Waals surface area contributed by atoms with Crippen LogP contribution < -0.4 is 10.1 Å². The normalized spacial score (nSPS) is 11.8. The van der Waals surface area contributed by atoms with E-state index in [4.69, 9.17) is 4.74 Å². The first-order valence-electron chi connectivity index (χ1n) is 5.75. The Morgan fingerprint density at radius 1 is 1.39 bits per heavy atom. The molecule has 0 amide bonds. The third kappa shape index (κ3) is 3.01. The lowest BCUT2D eigenvalue weighted by Crippen LogP contribution is -2.26. The Morgan fingerprint density at radius 3 is 2.56 bits per heavy atom. The molecule has 6 heteroatoms. The van der Waals surface area contributed by atoms with E-state index in [2.05, 4.69) is 5.32 Å². The molecule has 0 spiro atoms. The predicted molar refractivity (Wildman–Crippen MR) is 71.2 cm³/mol. The zero-order chi connectivity index (χ0) is 13.8. The van der Waals surface area contributed by atoms with Gasteiger partial charge in [-0.2, -0.15) is 0 Å². The molecular formula is C12H20N2O3S. The Labute approximate surface area is 109 Å². The minimum atomic E-state index is -3.40. The minimum absolute atomic E-state index is 0.290. The predicted octanol–water partition coefficient (Wildman–Crippen LogP) is 1.06. The van der Waals surface area contributed by atoms with Gasteiger partial charge >= 0.3 is 0 Å². The summed E-state index contributed by atoms with van der Waals surface area (Å²) < 4.78 is 30.9. The van der Waals surface area contributed by atoms with Crippen LogP contribution in [0.15, 0.2) is 23.1 Å². The number of benzene rings is 1. The number of methoxy groups -OCH3 is 1. The van der Waals surface area contributed by atoms with Crippen molar-refractivity contribution in [2.45, 2.75) is 18.4 Å². The summed E-state index contributed by atoms with van der Waals surface area (Å²) in [6.45, 7) is 2.80. The van der Waals surface area contributed by atoms with Crippen molar-refractivity contribution in [1.29, 1.82) is 0 Å². The fourth-order valence-corrected chi connectivity index (χ4v) is 2.82. The van der Waals surface area contributed by atoms with Crippen LogP contribution in [-0.4, -0.2) is 40.5 Å². The molecule has 0 bridgehead atoms. The van der Waals surface area contributed by atoms with Crippen LogP contribution in [0, 0.1) is 0 Å². The van der Waals surface area contributed by atoms with Crippen molar-refractivity contribution in [3.05, 3.63) is 23.8 Å². The van der Waals surface area contributed by atoms with Crippen LogP contribution in [0.4, 0.5) is 0 Å². The number of ether oxygens (including phenoxy) is 1. The number of rotatable bonds is 6. The molecule has 18 heavy (non-hydrogen) atoms. The average molecular weight is 272 g/mol. The van der Waals surface area contributed by atoms with E-state index in [0.717, 1.165) is 5.56 Å². The van der Waals surface area contributed by atoms with Gasteiger partial charge in [0.1, 0.15) is 5.75 Å². The van der Waals surface area contributed by atoms with Crippen molar-refractivity contribution in [1.82, 2.24) is 9.62 Å². The van der Waals surface area contributed by atoms with E-state index in [1.807, 2.05) is 0 Å². The first kappa shape index (κ1) is 14.9. The number of sulfonamides is 1. The van der Waals surface area contributed by atoms with Gasteiger partial charge in [-0.3, -0.25) is 0 Å². The van der Waals surface area contributed by atoms with E-state index >= 15 is 0 Å². The molecule has 0 aliphatic carbocycles. The summed E-state index contributed by atoms with van der Waals surface area (Å²) in [7, 11) is 1.54. The lowest BCUT2D eigenvalue weighted by atomic mass is 10.2. The molecule has 0 fully saturated rings. The van der Waals surface area contributed by atoms with E-state index in [1.165, 1.54) is 4.31 Å². The molecule has 102 valence electrons. The van der Waals surface area contributed by atoms with Gasteiger partial charge in [0.25, 0.3) is 0 Å². The summed E-state index contributed by atoms with van der Waals surface area (Å²) in [5.41, 5.74) is 0.825. The lowest BCUT2D eigenvalue weighted by Gasteiger charge is -2.16.